The molecule has 186 valence electrons. The highest BCUT2D eigenvalue weighted by molar-refractivity contribution is 8.24. The number of nitrogens with zero attached hydrogens (tertiary/aromatic N) is 4. The van der Waals surface area contributed by atoms with Crippen molar-refractivity contribution in [1.82, 2.24) is 25.5 Å². The van der Waals surface area contributed by atoms with Gasteiger partial charge in [0, 0.05) is 31.1 Å². The summed E-state index contributed by atoms with van der Waals surface area (Å²) in [5.41, 5.74) is 7.43. The summed E-state index contributed by atoms with van der Waals surface area (Å²) < 4.78 is 52.6. The Bertz CT molecular complexity index is 1220. The Kier molecular flexibility index (Phi) is 5.39. The van der Waals surface area contributed by atoms with Gasteiger partial charge in [0.15, 0.2) is 6.79 Å². The highest BCUT2D eigenvalue weighted by Gasteiger charge is 2.44. The van der Waals surface area contributed by atoms with Crippen LogP contribution in [0.4, 0.5) is 13.2 Å². The van der Waals surface area contributed by atoms with E-state index in [-0.39, 0.29) is 23.1 Å². The van der Waals surface area contributed by atoms with Crippen LogP contribution < -0.4 is 10.9 Å². The number of halogens is 3. The molecule has 0 bridgehead atoms. The van der Waals surface area contributed by atoms with E-state index in [9.17, 15) is 13.2 Å². The van der Waals surface area contributed by atoms with E-state index in [1.807, 2.05) is 24.3 Å². The lowest BCUT2D eigenvalue weighted by molar-refractivity contribution is -0.140. The first-order chi connectivity index (χ1) is 16.7. The number of alkyl halides is 3. The van der Waals surface area contributed by atoms with Crippen molar-refractivity contribution in [1.29, 1.82) is 0 Å². The van der Waals surface area contributed by atoms with Crippen LogP contribution in [0, 0.1) is 0 Å². The van der Waals surface area contributed by atoms with Gasteiger partial charge in [-0.2, -0.15) is 18.4 Å². The molecule has 3 fully saturated rings. The SMILES string of the molecule is NC1CC(N2CC(c3ccc(-c4ccc(C(F)(F)F)c(S5(N)OCO5)c4-c4nn[nH]n4)cc3)C2)C1. The Hall–Kier alpha value is -2.55. The molecule has 5 N–H and O–H groups in total. The van der Waals surface area contributed by atoms with Gasteiger partial charge in [-0.1, -0.05) is 30.3 Å². The van der Waals surface area contributed by atoms with Gasteiger partial charge in [0.1, 0.15) is 0 Å². The van der Waals surface area contributed by atoms with Gasteiger partial charge in [-0.3, -0.25) is 4.90 Å². The molecule has 0 amide bonds. The van der Waals surface area contributed by atoms with Crippen molar-refractivity contribution < 1.29 is 21.5 Å². The summed E-state index contributed by atoms with van der Waals surface area (Å²) in [4.78, 5) is 2.16. The van der Waals surface area contributed by atoms with Crippen LogP contribution in [0.15, 0.2) is 41.3 Å². The number of rotatable bonds is 5. The maximum Gasteiger partial charge on any atom is 0.418 e. The molecular formula is C22H24F3N7O2S. The third-order valence-corrected chi connectivity index (χ3v) is 8.92. The average molecular weight is 508 g/mol. The molecule has 9 nitrogen and oxygen atoms in total. The Morgan fingerprint density at radius 1 is 1.06 bits per heavy atom. The van der Waals surface area contributed by atoms with E-state index in [2.05, 4.69) is 25.5 Å². The number of benzene rings is 2. The lowest BCUT2D eigenvalue weighted by Crippen LogP contribution is -2.58. The summed E-state index contributed by atoms with van der Waals surface area (Å²) in [5.74, 6) is 0.407. The number of nitrogens with one attached hydrogen (secondary N) is 1. The molecule has 2 aliphatic heterocycles. The van der Waals surface area contributed by atoms with E-state index in [0.717, 1.165) is 32.0 Å². The number of aromatic amines is 1. The zero-order chi connectivity index (χ0) is 24.4. The van der Waals surface area contributed by atoms with E-state index >= 15 is 0 Å². The minimum Gasteiger partial charge on any atom is -0.328 e. The predicted octanol–water partition coefficient (Wildman–Crippen LogP) is 3.31. The Morgan fingerprint density at radius 2 is 1.77 bits per heavy atom. The lowest BCUT2D eigenvalue weighted by Gasteiger charge is -2.50. The van der Waals surface area contributed by atoms with Crippen LogP contribution in [0.5, 0.6) is 0 Å². The first-order valence-electron chi connectivity index (χ1n) is 11.2. The summed E-state index contributed by atoms with van der Waals surface area (Å²) in [6, 6.07) is 11.1. The molecule has 1 aliphatic carbocycles. The van der Waals surface area contributed by atoms with Crippen LogP contribution in [0.25, 0.3) is 22.5 Å². The highest BCUT2D eigenvalue weighted by Crippen LogP contribution is 2.64. The van der Waals surface area contributed by atoms with Crippen molar-refractivity contribution in [2.75, 3.05) is 19.9 Å². The monoisotopic (exact) mass is 507 g/mol. The van der Waals surface area contributed by atoms with Gasteiger partial charge in [0.25, 0.3) is 0 Å². The molecule has 0 radical (unpaired) electrons. The standard InChI is InChI=1S/C22H24F3N7O2S/c23-22(24,25)18-6-5-17(19(21-28-30-31-29-21)20(18)35(27)33-11-34-35)13-3-1-12(2-4-13)14-9-32(10-14)16-7-15(26)8-16/h1-6,14-16H,7-11,26-27H2,(H,28,29,30,31). The Morgan fingerprint density at radius 3 is 2.31 bits per heavy atom. The number of aromatic nitrogens is 4. The second-order valence-corrected chi connectivity index (χ2v) is 11.1. The Balaban J connectivity index is 1.36. The van der Waals surface area contributed by atoms with Crippen LogP contribution in [0.1, 0.15) is 29.9 Å². The van der Waals surface area contributed by atoms with Crippen LogP contribution in [0.3, 0.4) is 0 Å². The van der Waals surface area contributed by atoms with Gasteiger partial charge in [-0.25, -0.2) is 13.5 Å². The number of H-pyrrole nitrogens is 1. The second kappa shape index (κ2) is 8.25. The molecule has 1 aromatic heterocycles. The first kappa shape index (κ1) is 22.9. The second-order valence-electron chi connectivity index (χ2n) is 9.15. The van der Waals surface area contributed by atoms with Gasteiger partial charge in [-0.05, 0) is 40.8 Å². The summed E-state index contributed by atoms with van der Waals surface area (Å²) in [6.07, 6.45) is -2.57. The van der Waals surface area contributed by atoms with Gasteiger partial charge >= 0.3 is 6.18 Å². The van der Waals surface area contributed by atoms with E-state index in [0.29, 0.717) is 29.1 Å². The van der Waals surface area contributed by atoms with Crippen molar-refractivity contribution in [2.45, 2.75) is 41.9 Å². The maximum absolute atomic E-state index is 14.0. The zero-order valence-corrected chi connectivity index (χ0v) is 19.4. The molecule has 13 heteroatoms. The van der Waals surface area contributed by atoms with E-state index in [1.165, 1.54) is 11.6 Å². The molecule has 0 unspecified atom stereocenters. The van der Waals surface area contributed by atoms with Gasteiger partial charge < -0.3 is 5.73 Å². The van der Waals surface area contributed by atoms with Crippen molar-refractivity contribution >= 4 is 10.8 Å². The quantitative estimate of drug-likeness (QED) is 0.480. The topological polar surface area (TPSA) is 128 Å². The van der Waals surface area contributed by atoms with E-state index in [4.69, 9.17) is 19.2 Å². The van der Waals surface area contributed by atoms with Crippen LogP contribution in [-0.4, -0.2) is 57.5 Å². The zero-order valence-electron chi connectivity index (χ0n) is 18.5. The molecule has 3 aliphatic rings. The minimum absolute atomic E-state index is 0.0186. The fourth-order valence-corrected chi connectivity index (χ4v) is 6.50. The molecule has 0 spiro atoms. The molecule has 3 aromatic rings. The summed E-state index contributed by atoms with van der Waals surface area (Å²) in [6.45, 7) is 1.80. The molecule has 6 rings (SSSR count). The third kappa shape index (κ3) is 3.92. The van der Waals surface area contributed by atoms with Crippen molar-refractivity contribution in [3.63, 3.8) is 0 Å². The third-order valence-electron chi connectivity index (χ3n) is 7.03. The molecule has 1 saturated carbocycles. The average Bonchev–Trinajstić information content (AvgIpc) is 3.29. The summed E-state index contributed by atoms with van der Waals surface area (Å²) >= 11 is 0. The number of tetrazole rings is 1. The normalized spacial score (nSPS) is 25.4. The van der Waals surface area contributed by atoms with Crippen molar-refractivity contribution in [3.8, 4) is 22.5 Å². The summed E-state index contributed by atoms with van der Waals surface area (Å²) in [7, 11) is -3.11. The molecule has 3 heterocycles. The number of hydrogen-bond donors (Lipinski definition) is 3. The van der Waals surface area contributed by atoms with Crippen LogP contribution >= 0.6 is 10.8 Å². The number of hydrogen-bond acceptors (Lipinski definition) is 8. The summed E-state index contributed by atoms with van der Waals surface area (Å²) in [5, 5.41) is 19.9. The van der Waals surface area contributed by atoms with Crippen LogP contribution in [0.2, 0.25) is 0 Å². The fourth-order valence-electron chi connectivity index (χ4n) is 4.99. The number of nitrogens with two attached hydrogens (primary N) is 2. The molecule has 35 heavy (non-hydrogen) atoms. The highest BCUT2D eigenvalue weighted by atomic mass is 32.3. The molecule has 2 saturated heterocycles. The van der Waals surface area contributed by atoms with Crippen LogP contribution in [-0.2, 0) is 14.5 Å². The lowest BCUT2D eigenvalue weighted by atomic mass is 9.81. The molecule has 0 atom stereocenters. The predicted molar refractivity (Wildman–Crippen MR) is 122 cm³/mol. The minimum atomic E-state index is -4.68. The van der Waals surface area contributed by atoms with Gasteiger partial charge in [-0.15, -0.1) is 21.0 Å². The van der Waals surface area contributed by atoms with Gasteiger partial charge in [0.2, 0.25) is 5.82 Å². The fraction of sp³-hybridized carbons (Fsp3) is 0.409. The van der Waals surface area contributed by atoms with Crippen molar-refractivity contribution in [2.24, 2.45) is 10.9 Å². The molecular weight excluding hydrogens is 483 g/mol. The van der Waals surface area contributed by atoms with E-state index in [1.54, 1.807) is 0 Å². The molecule has 2 aromatic carbocycles. The first-order valence-corrected chi connectivity index (χ1v) is 12.8. The number of likely N-dealkylation sites (tertiary alicyclic amines) is 1. The van der Waals surface area contributed by atoms with Gasteiger partial charge in [0.05, 0.1) is 16.0 Å². The maximum atomic E-state index is 14.0. The Labute approximate surface area is 200 Å². The largest absolute Gasteiger partial charge is 0.418 e. The van der Waals surface area contributed by atoms with Crippen molar-refractivity contribution in [3.05, 3.63) is 47.5 Å². The smallest absolute Gasteiger partial charge is 0.328 e. The van der Waals surface area contributed by atoms with E-state index < -0.39 is 22.5 Å².